The third-order valence-electron chi connectivity index (χ3n) is 19.3. The number of rotatable bonds is 49. The van der Waals surface area contributed by atoms with E-state index in [1.165, 1.54) is 27.7 Å². The highest BCUT2D eigenvalue weighted by molar-refractivity contribution is 7.61. The Morgan fingerprint density at radius 2 is 0.957 bits per heavy atom. The van der Waals surface area contributed by atoms with E-state index >= 15 is 0 Å². The maximum Gasteiger partial charge on any atom is 0.481 e. The fraction of sp³-hybridized carbons (Fsp3) is 0.651. The fourth-order valence-corrected chi connectivity index (χ4v) is 18.2. The summed E-state index contributed by atoms with van der Waals surface area (Å²) in [5, 5.41) is 53.6. The molecule has 14 atom stereocenters. The van der Waals surface area contributed by atoms with Gasteiger partial charge in [0.15, 0.2) is 35.4 Å². The molecule has 54 heteroatoms. The summed E-state index contributed by atoms with van der Waals surface area (Å²) in [6, 6.07) is 8.11. The molecule has 4 aromatic heterocycles. The number of aliphatic hydroxyl groups is 4. The number of aliphatic hydroxyl groups excluding tert-OH is 4. The van der Waals surface area contributed by atoms with Crippen molar-refractivity contribution >= 4 is 116 Å². The Morgan fingerprint density at radius 3 is 1.38 bits per heavy atom. The second-order valence-electron chi connectivity index (χ2n) is 30.0. The minimum atomic E-state index is -5.65. The van der Waals surface area contributed by atoms with Crippen LogP contribution in [0.5, 0.6) is 0 Å². The normalized spacial score (nSPS) is 22.4. The van der Waals surface area contributed by atoms with Gasteiger partial charge in [-0.2, -0.15) is 8.62 Å². The summed E-state index contributed by atoms with van der Waals surface area (Å²) in [6.45, 7) is 3.78. The molecule has 654 valence electrons. The number of hydrogen-bond donors (Lipinski definition) is 18. The lowest BCUT2D eigenvalue weighted by Crippen LogP contribution is -2.46. The zero-order valence-electron chi connectivity index (χ0n) is 64.0. The molecule has 3 fully saturated rings. The lowest BCUT2D eigenvalue weighted by atomic mass is 9.81. The maximum atomic E-state index is 13.4. The van der Waals surface area contributed by atoms with E-state index in [4.69, 9.17) is 39.0 Å². The van der Waals surface area contributed by atoms with Gasteiger partial charge < -0.3 is 102 Å². The highest BCUT2D eigenvalue weighted by atomic mass is 31.3. The first-order valence-electron chi connectivity index (χ1n) is 36.2. The van der Waals surface area contributed by atoms with Crippen molar-refractivity contribution in [3.8, 4) is 0 Å². The molecule has 14 unspecified atom stereocenters. The van der Waals surface area contributed by atoms with Crippen LogP contribution in [0, 0.1) is 21.7 Å². The monoisotopic (exact) mass is 1780 g/mol. The van der Waals surface area contributed by atoms with Gasteiger partial charge in [-0.05, 0) is 62.5 Å². The van der Waals surface area contributed by atoms with Crippen molar-refractivity contribution in [2.45, 2.75) is 186 Å². The van der Waals surface area contributed by atoms with Gasteiger partial charge in [0.1, 0.15) is 84.1 Å². The first kappa shape index (κ1) is 96.1. The predicted molar refractivity (Wildman–Crippen MR) is 401 cm³/mol. The summed E-state index contributed by atoms with van der Waals surface area (Å²) in [5.41, 5.74) is 9.32. The van der Waals surface area contributed by atoms with Gasteiger partial charge in [0.25, 0.3) is 0 Å². The average Bonchev–Trinajstić information content (AvgIpc) is 1.64. The molecule has 1 saturated carbocycles. The molecule has 0 radical (unpaired) electrons. The minimum absolute atomic E-state index is 0.00114. The number of carbonyl (C=O) groups is 6. The molecule has 117 heavy (non-hydrogen) atoms. The number of phosphoric ester groups is 6. The number of nitrogens with two attached hydrogens (primary N) is 2. The van der Waals surface area contributed by atoms with Gasteiger partial charge in [-0.25, -0.2) is 57.3 Å². The van der Waals surface area contributed by atoms with Crippen LogP contribution in [0.1, 0.15) is 136 Å². The van der Waals surface area contributed by atoms with E-state index in [-0.39, 0.29) is 97.4 Å². The number of anilines is 2. The van der Waals surface area contributed by atoms with Gasteiger partial charge in [-0.1, -0.05) is 72.2 Å². The lowest BCUT2D eigenvalue weighted by molar-refractivity contribution is -0.137. The van der Waals surface area contributed by atoms with Gasteiger partial charge in [0.05, 0.1) is 39.1 Å². The number of aryl methyl sites for hydroxylation is 2. The summed E-state index contributed by atoms with van der Waals surface area (Å²) in [5.74, 6) is -3.33. The van der Waals surface area contributed by atoms with Crippen LogP contribution in [0.15, 0.2) is 49.6 Å². The number of nitrogen functional groups attached to an aromatic ring is 2. The largest absolute Gasteiger partial charge is 0.481 e. The molecule has 3 aliphatic rings. The Morgan fingerprint density at radius 1 is 0.556 bits per heavy atom. The molecular formula is C63H98N14O34P6. The summed E-state index contributed by atoms with van der Waals surface area (Å²) in [6.07, 6.45) is -8.17. The number of nitrogens with zero attached hydrogens (tertiary/aromatic N) is 8. The molecule has 0 spiro atoms. The lowest BCUT2D eigenvalue weighted by Gasteiger charge is -2.30. The molecule has 2 saturated heterocycles. The van der Waals surface area contributed by atoms with Crippen LogP contribution >= 0.6 is 46.9 Å². The summed E-state index contributed by atoms with van der Waals surface area (Å²) in [4.78, 5) is 181. The number of Topliss-reactive ketones (excluding diaryl/α,β-unsaturated/α-hetero) is 2. The van der Waals surface area contributed by atoms with Crippen molar-refractivity contribution in [1.82, 2.24) is 60.3 Å². The van der Waals surface area contributed by atoms with E-state index < -0.39 is 180 Å². The van der Waals surface area contributed by atoms with Crippen molar-refractivity contribution in [3.63, 3.8) is 0 Å². The molecule has 48 nitrogen and oxygen atoms in total. The molecule has 6 heterocycles. The minimum Gasteiger partial charge on any atom is -0.386 e. The van der Waals surface area contributed by atoms with Crippen molar-refractivity contribution in [3.05, 3.63) is 60.7 Å². The van der Waals surface area contributed by atoms with Crippen LogP contribution in [-0.4, -0.2) is 235 Å². The van der Waals surface area contributed by atoms with Gasteiger partial charge in [-0.3, -0.25) is 65.0 Å². The first-order chi connectivity index (χ1) is 54.3. The van der Waals surface area contributed by atoms with Crippen molar-refractivity contribution in [2.75, 3.05) is 64.1 Å². The van der Waals surface area contributed by atoms with E-state index in [1.807, 2.05) is 32.0 Å². The Labute approximate surface area is 667 Å². The van der Waals surface area contributed by atoms with Crippen LogP contribution in [-0.2, 0) is 114 Å². The molecule has 0 bridgehead atoms. The molecule has 5 aromatic rings. The number of fused-ring (bicyclic) bond motifs is 2. The van der Waals surface area contributed by atoms with Crippen molar-refractivity contribution < 1.29 is 161 Å². The summed E-state index contributed by atoms with van der Waals surface area (Å²) < 4.78 is 126. The van der Waals surface area contributed by atoms with Gasteiger partial charge >= 0.3 is 46.9 Å². The number of unbranched alkanes of at least 4 members (excludes halogenated alkanes) is 1. The van der Waals surface area contributed by atoms with Crippen molar-refractivity contribution in [1.29, 1.82) is 0 Å². The number of imidazole rings is 2. The van der Waals surface area contributed by atoms with E-state index in [1.54, 1.807) is 0 Å². The van der Waals surface area contributed by atoms with Gasteiger partial charge in [0, 0.05) is 73.5 Å². The molecular weight excluding hydrogens is 1680 g/mol. The molecule has 1 aromatic carbocycles. The van der Waals surface area contributed by atoms with Crippen LogP contribution in [0.2, 0.25) is 0 Å². The number of aromatic nitrogens is 8. The zero-order valence-corrected chi connectivity index (χ0v) is 69.4. The summed E-state index contributed by atoms with van der Waals surface area (Å²) in [7, 11) is -33.2. The number of ketones is 2. The second-order valence-corrected chi connectivity index (χ2v) is 38.5. The van der Waals surface area contributed by atoms with E-state index in [0.29, 0.717) is 25.7 Å². The van der Waals surface area contributed by atoms with Crippen molar-refractivity contribution in [2.24, 2.45) is 21.7 Å². The summed E-state index contributed by atoms with van der Waals surface area (Å²) >= 11 is 0. The number of benzene rings is 1. The number of ether oxygens (including phenoxy) is 2. The Bertz CT molecular complexity index is 4660. The Kier molecular flexibility index (Phi) is 32.6. The van der Waals surface area contributed by atoms with E-state index in [2.05, 4.69) is 74.9 Å². The highest BCUT2D eigenvalue weighted by Gasteiger charge is 2.53. The Hall–Kier alpha value is -6.36. The van der Waals surface area contributed by atoms with Gasteiger partial charge in [0.2, 0.25) is 23.6 Å². The number of nitrogens with one attached hydrogen (secondary N) is 4. The maximum absolute atomic E-state index is 13.4. The molecule has 1 aliphatic carbocycles. The number of phosphoric acid groups is 6. The quantitative estimate of drug-likeness (QED) is 0.0193. The smallest absolute Gasteiger partial charge is 0.386 e. The third kappa shape index (κ3) is 27.8. The second kappa shape index (κ2) is 39.7. The Balaban J connectivity index is 0.647. The number of hydrogen-bond acceptors (Lipinski definition) is 34. The van der Waals surface area contributed by atoms with E-state index in [0.717, 1.165) is 77.7 Å². The fourth-order valence-electron chi connectivity index (χ4n) is 12.5. The topological polar surface area (TPSA) is 727 Å². The SMILES string of the molecule is CC(C)(CCCCc1cccc(CCCC2(C(=O)CCNC(=O)CCNC(=O)C(O)C(C)(C)COP(=O)(O)OP(=O)(O)OCC3OC(n4cnc5c(N)ncnc54)C(O)C3OP(=O)(O)O)CC2)c1)C(=O)CCNC(=O)CCNC(=O)C(O)C(C)(C)COP(=O)(O)OP(=O)(O)OCC1OC(n2cnc3c(N)ncnc32)C(O)C1OP(=O)(O)O. The van der Waals surface area contributed by atoms with Crippen LogP contribution in [0.4, 0.5) is 11.6 Å². The first-order valence-corrected chi connectivity index (χ1v) is 45.3. The molecule has 2 aliphatic heterocycles. The van der Waals surface area contributed by atoms with E-state index in [9.17, 15) is 116 Å². The highest BCUT2D eigenvalue weighted by Crippen LogP contribution is 2.63. The van der Waals surface area contributed by atoms with Crippen LogP contribution < -0.4 is 32.7 Å². The third-order valence-corrected chi connectivity index (χ3v) is 25.5. The average molecular weight is 1780 g/mol. The molecule has 4 amide bonds. The molecule has 20 N–H and O–H groups in total. The zero-order chi connectivity index (χ0) is 86.7. The number of amides is 4. The van der Waals surface area contributed by atoms with Crippen LogP contribution in [0.25, 0.3) is 22.3 Å². The standard InChI is InChI=1S/C63H98N14O34P6/c1-60(2,40(78)15-23-66-42(80)17-25-68-56(86)50(84)61(3,4)30-104-116(98,99)110-114(94,95)102-28-38-48(108-112(88,89)90)46(82)58(106-38)76-34-74-44-52(64)70-32-72-54(44)76)19-8-7-11-36-12-9-13-37(27-36)14-10-20-63(21-22-63)41(79)16-24-67-43(81)18-26-69-57(87)51(85)62(5,6)31-105-117(100,101)111-115(96,97)103-29-39-49(109-113(91,92)93)47(83)59(107-39)77-35-75-45-53(65)71-33-73-55(45)77/h9,12-13,27,32-35,38-39,46-51,58-59,82-85H,7-8,10-11,14-26,28-31H2,1-6H3,(H,66,80)(H,67,81)(H,68,86)(H,69,87)(H,94,95)(H,96,97)(H,98,99)(H,100,101)(H2,64,70,72)(H2,65,71,73)(H2,88,89,90)(H2,91,92,93). The van der Waals surface area contributed by atoms with Crippen LogP contribution in [0.3, 0.4) is 0 Å². The molecule has 8 rings (SSSR count). The predicted octanol–water partition coefficient (Wildman–Crippen LogP) is 1.28. The van der Waals surface area contributed by atoms with Gasteiger partial charge in [-0.15, -0.1) is 0 Å². The number of carbonyl (C=O) groups excluding carboxylic acids is 6.